The van der Waals surface area contributed by atoms with Gasteiger partial charge in [-0.05, 0) is 36.8 Å². The van der Waals surface area contributed by atoms with Crippen LogP contribution in [0.15, 0.2) is 42.5 Å². The Morgan fingerprint density at radius 3 is 2.70 bits per heavy atom. The van der Waals surface area contributed by atoms with Crippen molar-refractivity contribution in [2.24, 2.45) is 0 Å². The lowest BCUT2D eigenvalue weighted by atomic mass is 10.2. The minimum Gasteiger partial charge on any atom is -0.306 e. The smallest absolute Gasteiger partial charge is 0.258 e. The fourth-order valence-corrected chi connectivity index (χ4v) is 4.84. The van der Waals surface area contributed by atoms with E-state index >= 15 is 0 Å². The summed E-state index contributed by atoms with van der Waals surface area (Å²) in [7, 11) is -1.01. The Bertz CT molecular complexity index is 1090. The van der Waals surface area contributed by atoms with Crippen LogP contribution in [0.3, 0.4) is 0 Å². The maximum atomic E-state index is 12.8. The molecule has 1 aliphatic heterocycles. The van der Waals surface area contributed by atoms with Crippen LogP contribution < -0.4 is 5.32 Å². The summed E-state index contributed by atoms with van der Waals surface area (Å²) in [5, 5.41) is 8.25. The van der Waals surface area contributed by atoms with Gasteiger partial charge in [0.15, 0.2) is 0 Å². The number of amides is 1. The Balaban J connectivity index is 1.79. The largest absolute Gasteiger partial charge is 0.306 e. The molecule has 138 valence electrons. The fourth-order valence-electron chi connectivity index (χ4n) is 3.08. The Kier molecular flexibility index (Phi) is 4.80. The normalized spacial score (nSPS) is 15.6. The van der Waals surface area contributed by atoms with Crippen molar-refractivity contribution in [2.75, 3.05) is 5.32 Å². The van der Waals surface area contributed by atoms with E-state index in [4.69, 9.17) is 23.2 Å². The number of carbonyl (C=O) groups excluding carboxylic acids is 1. The zero-order valence-corrected chi connectivity index (χ0v) is 16.7. The maximum Gasteiger partial charge on any atom is 0.258 e. The van der Waals surface area contributed by atoms with Crippen LogP contribution in [0.2, 0.25) is 10.0 Å². The maximum absolute atomic E-state index is 12.8. The summed E-state index contributed by atoms with van der Waals surface area (Å²) < 4.78 is 13.7. The number of anilines is 1. The number of hydrogen-bond acceptors (Lipinski definition) is 3. The second-order valence-corrected chi connectivity index (χ2v) is 8.58. The molecule has 2 heterocycles. The molecular formula is C19H15Cl2N3O2S. The minimum absolute atomic E-state index is 0.266. The van der Waals surface area contributed by atoms with Gasteiger partial charge in [-0.1, -0.05) is 41.4 Å². The first-order valence-corrected chi connectivity index (χ1v) is 10.5. The number of fused-ring (bicyclic) bond motifs is 1. The molecule has 1 atom stereocenters. The second kappa shape index (κ2) is 7.11. The number of benzene rings is 2. The molecule has 1 aromatic heterocycles. The number of nitrogens with zero attached hydrogens (tertiary/aromatic N) is 2. The molecule has 27 heavy (non-hydrogen) atoms. The highest BCUT2D eigenvalue weighted by Crippen LogP contribution is 2.33. The molecule has 0 radical (unpaired) electrons. The Labute approximate surface area is 168 Å². The van der Waals surface area contributed by atoms with Crippen LogP contribution in [-0.4, -0.2) is 19.9 Å². The molecule has 4 rings (SSSR count). The summed E-state index contributed by atoms with van der Waals surface area (Å²) in [6.07, 6.45) is 0. The molecule has 0 bridgehead atoms. The van der Waals surface area contributed by atoms with Gasteiger partial charge >= 0.3 is 0 Å². The number of carbonyl (C=O) groups is 1. The molecule has 1 N–H and O–H groups in total. The molecule has 0 unspecified atom stereocenters. The van der Waals surface area contributed by atoms with Gasteiger partial charge in [0.25, 0.3) is 5.91 Å². The molecule has 1 amide bonds. The van der Waals surface area contributed by atoms with Gasteiger partial charge in [0.2, 0.25) is 0 Å². The van der Waals surface area contributed by atoms with Gasteiger partial charge < -0.3 is 5.32 Å². The van der Waals surface area contributed by atoms with E-state index in [0.29, 0.717) is 27.9 Å². The molecule has 1 aliphatic rings. The molecule has 2 aromatic carbocycles. The number of halogens is 2. The van der Waals surface area contributed by atoms with Crippen LogP contribution in [0.4, 0.5) is 5.82 Å². The fraction of sp³-hybridized carbons (Fsp3) is 0.158. The van der Waals surface area contributed by atoms with E-state index in [1.165, 1.54) is 6.07 Å². The highest BCUT2D eigenvalue weighted by molar-refractivity contribution is 7.83. The van der Waals surface area contributed by atoms with Gasteiger partial charge in [0.05, 0.1) is 33.5 Å². The average Bonchev–Trinajstić information content (AvgIpc) is 3.12. The van der Waals surface area contributed by atoms with Crippen molar-refractivity contribution in [1.82, 2.24) is 9.78 Å². The first kappa shape index (κ1) is 18.2. The Morgan fingerprint density at radius 2 is 1.96 bits per heavy atom. The van der Waals surface area contributed by atoms with E-state index in [-0.39, 0.29) is 10.9 Å². The molecule has 0 spiro atoms. The van der Waals surface area contributed by atoms with Gasteiger partial charge in [0.1, 0.15) is 5.82 Å². The summed E-state index contributed by atoms with van der Waals surface area (Å²) in [6, 6.07) is 12.5. The number of hydrogen-bond donors (Lipinski definition) is 1. The van der Waals surface area contributed by atoms with Crippen molar-refractivity contribution in [3.8, 4) is 5.69 Å². The molecule has 0 aliphatic carbocycles. The van der Waals surface area contributed by atoms with Crippen molar-refractivity contribution in [3.63, 3.8) is 0 Å². The second-order valence-electron chi connectivity index (χ2n) is 6.28. The average molecular weight is 420 g/mol. The van der Waals surface area contributed by atoms with Gasteiger partial charge in [-0.25, -0.2) is 4.68 Å². The van der Waals surface area contributed by atoms with Crippen LogP contribution in [0.5, 0.6) is 0 Å². The lowest BCUT2D eigenvalue weighted by Crippen LogP contribution is -2.17. The molecule has 0 fully saturated rings. The lowest BCUT2D eigenvalue weighted by molar-refractivity contribution is 0.102. The lowest BCUT2D eigenvalue weighted by Gasteiger charge is -2.13. The van der Waals surface area contributed by atoms with Crippen molar-refractivity contribution >= 4 is 45.7 Å². The summed E-state index contributed by atoms with van der Waals surface area (Å²) in [5.74, 6) is 0.914. The summed E-state index contributed by atoms with van der Waals surface area (Å²) in [5.41, 5.74) is 3.73. The van der Waals surface area contributed by atoms with E-state index in [2.05, 4.69) is 10.4 Å². The molecular weight excluding hydrogens is 405 g/mol. The third kappa shape index (κ3) is 3.40. The summed E-state index contributed by atoms with van der Waals surface area (Å²) >= 11 is 12.1. The number of para-hydroxylation sites is 1. The zero-order valence-electron chi connectivity index (χ0n) is 14.3. The Hall–Kier alpha value is -2.15. The predicted octanol–water partition coefficient (Wildman–Crippen LogP) is 4.50. The van der Waals surface area contributed by atoms with Crippen LogP contribution in [0.1, 0.15) is 27.2 Å². The van der Waals surface area contributed by atoms with Gasteiger partial charge in [-0.3, -0.25) is 9.00 Å². The van der Waals surface area contributed by atoms with E-state index in [0.717, 1.165) is 22.5 Å². The molecule has 0 saturated carbocycles. The monoisotopic (exact) mass is 419 g/mol. The standard InChI is InChI=1S/C19H15Cl2N3O2S/c1-11-4-2-3-5-17(11)24-18(14-9-27(26)10-16(14)23-24)22-19(25)13-7-6-12(20)8-15(13)21/h2-8H,9-10H2,1H3,(H,22,25)/t27-/m1/s1. The first-order valence-electron chi connectivity index (χ1n) is 8.22. The van der Waals surface area contributed by atoms with E-state index in [1.807, 2.05) is 31.2 Å². The van der Waals surface area contributed by atoms with Crippen LogP contribution in [0, 0.1) is 6.92 Å². The van der Waals surface area contributed by atoms with Crippen molar-refractivity contribution in [2.45, 2.75) is 18.4 Å². The SMILES string of the molecule is Cc1ccccc1-n1nc2c(c1NC(=O)c1ccc(Cl)cc1Cl)C[S@@](=O)C2. The highest BCUT2D eigenvalue weighted by atomic mass is 35.5. The van der Waals surface area contributed by atoms with Crippen LogP contribution >= 0.6 is 23.2 Å². The summed E-state index contributed by atoms with van der Waals surface area (Å²) in [4.78, 5) is 12.8. The highest BCUT2D eigenvalue weighted by Gasteiger charge is 2.29. The predicted molar refractivity (Wildman–Crippen MR) is 108 cm³/mol. The van der Waals surface area contributed by atoms with Crippen LogP contribution in [-0.2, 0) is 22.3 Å². The number of nitrogens with one attached hydrogen (secondary N) is 1. The third-order valence-electron chi connectivity index (χ3n) is 4.42. The number of aryl methyl sites for hydroxylation is 1. The minimum atomic E-state index is -1.01. The number of rotatable bonds is 3. The first-order chi connectivity index (χ1) is 12.9. The van der Waals surface area contributed by atoms with Gasteiger partial charge in [0, 0.05) is 21.4 Å². The van der Waals surface area contributed by atoms with E-state index in [1.54, 1.807) is 16.8 Å². The summed E-state index contributed by atoms with van der Waals surface area (Å²) in [6.45, 7) is 1.97. The van der Waals surface area contributed by atoms with Crippen molar-refractivity contribution in [1.29, 1.82) is 0 Å². The van der Waals surface area contributed by atoms with Crippen molar-refractivity contribution in [3.05, 3.63) is 74.9 Å². The van der Waals surface area contributed by atoms with Gasteiger partial charge in [-0.15, -0.1) is 0 Å². The van der Waals surface area contributed by atoms with Gasteiger partial charge in [-0.2, -0.15) is 5.10 Å². The number of aromatic nitrogens is 2. The van der Waals surface area contributed by atoms with Crippen LogP contribution in [0.25, 0.3) is 5.69 Å². The quantitative estimate of drug-likeness (QED) is 0.679. The zero-order chi connectivity index (χ0) is 19.1. The topological polar surface area (TPSA) is 64.0 Å². The van der Waals surface area contributed by atoms with E-state index < -0.39 is 10.8 Å². The van der Waals surface area contributed by atoms with Crippen molar-refractivity contribution < 1.29 is 9.00 Å². The Morgan fingerprint density at radius 1 is 1.19 bits per heavy atom. The molecule has 8 heteroatoms. The van der Waals surface area contributed by atoms with E-state index in [9.17, 15) is 9.00 Å². The molecule has 0 saturated heterocycles. The molecule has 5 nitrogen and oxygen atoms in total. The third-order valence-corrected chi connectivity index (χ3v) is 6.17. The molecule has 3 aromatic rings.